The van der Waals surface area contributed by atoms with Gasteiger partial charge < -0.3 is 5.32 Å². The number of halogens is 1. The largest absolute Gasteiger partial charge is 0.344 e. The molecule has 0 saturated heterocycles. The summed E-state index contributed by atoms with van der Waals surface area (Å²) in [5.74, 6) is 0.103. The number of nitriles is 1. The van der Waals surface area contributed by atoms with Crippen molar-refractivity contribution in [3.63, 3.8) is 0 Å². The van der Waals surface area contributed by atoms with Crippen LogP contribution in [0.25, 0.3) is 0 Å². The van der Waals surface area contributed by atoms with Gasteiger partial charge in [0.25, 0.3) is 5.91 Å². The van der Waals surface area contributed by atoms with Gasteiger partial charge in [0, 0.05) is 12.1 Å². The van der Waals surface area contributed by atoms with Gasteiger partial charge in [-0.15, -0.1) is 11.6 Å². The normalized spacial score (nSPS) is 10.8. The SMILES string of the molecule is CCC(CC)(CCl)NC(=O)c1ccc(C#N)cn1. The molecule has 0 spiro atoms. The molecule has 0 radical (unpaired) electrons. The zero-order chi connectivity index (χ0) is 13.6. The number of carbonyl (C=O) groups is 1. The van der Waals surface area contributed by atoms with Crippen LogP contribution in [0, 0.1) is 11.3 Å². The second-order valence-electron chi connectivity index (χ2n) is 4.12. The summed E-state index contributed by atoms with van der Waals surface area (Å²) in [7, 11) is 0. The third-order valence-electron chi connectivity index (χ3n) is 3.11. The standard InChI is InChI=1S/C13H16ClN3O/c1-3-13(4-2,9-14)17-12(18)11-6-5-10(7-15)8-16-11/h5-6,8H,3-4,9H2,1-2H3,(H,17,18). The first-order valence-corrected chi connectivity index (χ1v) is 6.39. The number of nitrogens with one attached hydrogen (secondary N) is 1. The van der Waals surface area contributed by atoms with Crippen molar-refractivity contribution in [3.8, 4) is 6.07 Å². The lowest BCUT2D eigenvalue weighted by atomic mass is 9.95. The Kier molecular flexibility index (Phi) is 5.11. The van der Waals surface area contributed by atoms with Gasteiger partial charge in [0.1, 0.15) is 11.8 Å². The number of nitrogens with zero attached hydrogens (tertiary/aromatic N) is 2. The van der Waals surface area contributed by atoms with Gasteiger partial charge in [0.2, 0.25) is 0 Å². The zero-order valence-corrected chi connectivity index (χ0v) is 11.3. The number of pyridine rings is 1. The van der Waals surface area contributed by atoms with Gasteiger partial charge in [-0.05, 0) is 25.0 Å². The number of hydrogen-bond acceptors (Lipinski definition) is 3. The lowest BCUT2D eigenvalue weighted by Crippen LogP contribution is -2.49. The Hall–Kier alpha value is -1.60. The summed E-state index contributed by atoms with van der Waals surface area (Å²) < 4.78 is 0. The Balaban J connectivity index is 2.84. The number of amides is 1. The maximum absolute atomic E-state index is 12.0. The summed E-state index contributed by atoms with van der Waals surface area (Å²) in [6.45, 7) is 3.97. The quantitative estimate of drug-likeness (QED) is 0.832. The number of carbonyl (C=O) groups excluding carboxylic acids is 1. The van der Waals surface area contributed by atoms with Gasteiger partial charge in [0.15, 0.2) is 0 Å². The van der Waals surface area contributed by atoms with E-state index >= 15 is 0 Å². The molecule has 0 bridgehead atoms. The molecule has 0 aliphatic rings. The highest BCUT2D eigenvalue weighted by atomic mass is 35.5. The molecule has 96 valence electrons. The van der Waals surface area contributed by atoms with Crippen LogP contribution in [0.3, 0.4) is 0 Å². The smallest absolute Gasteiger partial charge is 0.270 e. The molecule has 18 heavy (non-hydrogen) atoms. The van der Waals surface area contributed by atoms with E-state index in [4.69, 9.17) is 16.9 Å². The minimum atomic E-state index is -0.395. The van der Waals surface area contributed by atoms with E-state index in [-0.39, 0.29) is 5.91 Å². The Morgan fingerprint density at radius 1 is 1.50 bits per heavy atom. The molecular formula is C13H16ClN3O. The third kappa shape index (κ3) is 3.21. The van der Waals surface area contributed by atoms with Gasteiger partial charge in [-0.1, -0.05) is 13.8 Å². The van der Waals surface area contributed by atoms with Crippen LogP contribution in [0.4, 0.5) is 0 Å². The van der Waals surface area contributed by atoms with Crippen molar-refractivity contribution in [2.24, 2.45) is 0 Å². The Morgan fingerprint density at radius 3 is 2.56 bits per heavy atom. The summed E-state index contributed by atoms with van der Waals surface area (Å²) in [4.78, 5) is 16.0. The molecule has 4 nitrogen and oxygen atoms in total. The van der Waals surface area contributed by atoms with Gasteiger partial charge in [-0.3, -0.25) is 4.79 Å². The molecule has 0 atom stereocenters. The highest BCUT2D eigenvalue weighted by Crippen LogP contribution is 2.17. The first-order chi connectivity index (χ1) is 8.60. The van der Waals surface area contributed by atoms with Crippen LogP contribution < -0.4 is 5.32 Å². The van der Waals surface area contributed by atoms with Crippen LogP contribution >= 0.6 is 11.6 Å². The van der Waals surface area contributed by atoms with Gasteiger partial charge in [0.05, 0.1) is 11.1 Å². The molecule has 0 unspecified atom stereocenters. The molecule has 1 rings (SSSR count). The van der Waals surface area contributed by atoms with Crippen LogP contribution in [0.2, 0.25) is 0 Å². The van der Waals surface area contributed by atoms with Crippen molar-refractivity contribution in [1.29, 1.82) is 5.26 Å². The van der Waals surface area contributed by atoms with Crippen LogP contribution in [-0.4, -0.2) is 22.3 Å². The average Bonchev–Trinajstić information content (AvgIpc) is 2.45. The highest BCUT2D eigenvalue weighted by molar-refractivity contribution is 6.18. The molecule has 1 amide bonds. The van der Waals surface area contributed by atoms with Gasteiger partial charge in [-0.2, -0.15) is 5.26 Å². The number of hydrogen-bond donors (Lipinski definition) is 1. The fourth-order valence-corrected chi connectivity index (χ4v) is 1.99. The van der Waals surface area contributed by atoms with Gasteiger partial charge in [-0.25, -0.2) is 4.98 Å². The second kappa shape index (κ2) is 6.36. The van der Waals surface area contributed by atoms with Crippen LogP contribution in [-0.2, 0) is 0 Å². The van der Waals surface area contributed by atoms with E-state index in [0.717, 1.165) is 12.8 Å². The van der Waals surface area contributed by atoms with Crippen molar-refractivity contribution in [2.75, 3.05) is 5.88 Å². The van der Waals surface area contributed by atoms with Crippen molar-refractivity contribution in [3.05, 3.63) is 29.6 Å². The van der Waals surface area contributed by atoms with E-state index in [1.165, 1.54) is 12.3 Å². The Morgan fingerprint density at radius 2 is 2.17 bits per heavy atom. The van der Waals surface area contributed by atoms with E-state index in [0.29, 0.717) is 17.1 Å². The fraction of sp³-hybridized carbons (Fsp3) is 0.462. The first kappa shape index (κ1) is 14.5. The van der Waals surface area contributed by atoms with Gasteiger partial charge >= 0.3 is 0 Å². The Bertz CT molecular complexity index is 438. The van der Waals surface area contributed by atoms with E-state index < -0.39 is 5.54 Å². The van der Waals surface area contributed by atoms with Crippen LogP contribution in [0.15, 0.2) is 18.3 Å². The predicted octanol–water partition coefficient (Wildman–Crippen LogP) is 2.48. The molecule has 1 N–H and O–H groups in total. The van der Waals surface area contributed by atoms with Crippen LogP contribution in [0.5, 0.6) is 0 Å². The summed E-state index contributed by atoms with van der Waals surface area (Å²) in [5, 5.41) is 11.6. The monoisotopic (exact) mass is 265 g/mol. The molecule has 0 aromatic carbocycles. The van der Waals surface area contributed by atoms with E-state index in [1.54, 1.807) is 6.07 Å². The van der Waals surface area contributed by atoms with Crippen molar-refractivity contribution >= 4 is 17.5 Å². The molecule has 0 aliphatic carbocycles. The third-order valence-corrected chi connectivity index (χ3v) is 3.62. The molecule has 1 aromatic heterocycles. The summed E-state index contributed by atoms with van der Waals surface area (Å²) >= 11 is 5.93. The maximum Gasteiger partial charge on any atom is 0.270 e. The molecule has 0 fully saturated rings. The lowest BCUT2D eigenvalue weighted by Gasteiger charge is -2.30. The topological polar surface area (TPSA) is 65.8 Å². The fourth-order valence-electron chi connectivity index (χ4n) is 1.55. The van der Waals surface area contributed by atoms with E-state index in [9.17, 15) is 4.79 Å². The van der Waals surface area contributed by atoms with Crippen molar-refractivity contribution in [1.82, 2.24) is 10.3 Å². The van der Waals surface area contributed by atoms with Crippen LogP contribution in [0.1, 0.15) is 42.7 Å². The highest BCUT2D eigenvalue weighted by Gasteiger charge is 2.27. The number of aromatic nitrogens is 1. The summed E-state index contributed by atoms with van der Waals surface area (Å²) in [6, 6.07) is 5.07. The maximum atomic E-state index is 12.0. The number of alkyl halides is 1. The molecule has 0 aliphatic heterocycles. The first-order valence-electron chi connectivity index (χ1n) is 5.85. The molecule has 5 heteroatoms. The summed E-state index contributed by atoms with van der Waals surface area (Å²) in [6.07, 6.45) is 2.90. The predicted molar refractivity (Wildman–Crippen MR) is 70.5 cm³/mol. The molecule has 1 heterocycles. The van der Waals surface area contributed by atoms with Crippen molar-refractivity contribution in [2.45, 2.75) is 32.2 Å². The molecule has 1 aromatic rings. The minimum absolute atomic E-state index is 0.260. The summed E-state index contributed by atoms with van der Waals surface area (Å²) in [5.41, 5.74) is 0.334. The average molecular weight is 266 g/mol. The Labute approximate surface area is 112 Å². The van der Waals surface area contributed by atoms with E-state index in [1.807, 2.05) is 19.9 Å². The van der Waals surface area contributed by atoms with E-state index in [2.05, 4.69) is 10.3 Å². The molecule has 0 saturated carbocycles. The van der Waals surface area contributed by atoms with Crippen molar-refractivity contribution < 1.29 is 4.79 Å². The molecular weight excluding hydrogens is 250 g/mol. The zero-order valence-electron chi connectivity index (χ0n) is 10.5. The lowest BCUT2D eigenvalue weighted by molar-refractivity contribution is 0.0897. The minimum Gasteiger partial charge on any atom is -0.344 e. The number of rotatable bonds is 5. The second-order valence-corrected chi connectivity index (χ2v) is 4.39.